The molecule has 0 bridgehead atoms. The average Bonchev–Trinajstić information content (AvgIpc) is 2.74. The minimum absolute atomic E-state index is 0.0341. The van der Waals surface area contributed by atoms with Gasteiger partial charge in [-0.15, -0.1) is 10.2 Å². The van der Waals surface area contributed by atoms with Gasteiger partial charge in [0.2, 0.25) is 5.91 Å². The van der Waals surface area contributed by atoms with Gasteiger partial charge in [-0.3, -0.25) is 9.20 Å². The van der Waals surface area contributed by atoms with Crippen LogP contribution in [-0.4, -0.2) is 32.3 Å². The number of carbonyl (C=O) groups excluding carboxylic acids is 1. The van der Waals surface area contributed by atoms with Gasteiger partial charge in [-0.2, -0.15) is 0 Å². The van der Waals surface area contributed by atoms with E-state index >= 15 is 0 Å². The highest BCUT2D eigenvalue weighted by atomic mass is 35.5. The fourth-order valence-electron chi connectivity index (χ4n) is 2.82. The Morgan fingerprint density at radius 1 is 1.26 bits per heavy atom. The third kappa shape index (κ3) is 4.31. The van der Waals surface area contributed by atoms with Gasteiger partial charge >= 0.3 is 0 Å². The molecular weight excluding hydrogens is 355 g/mol. The van der Waals surface area contributed by atoms with Crippen molar-refractivity contribution in [3.8, 4) is 0 Å². The number of fused-ring (bicyclic) bond motifs is 1. The highest BCUT2D eigenvalue weighted by molar-refractivity contribution is 7.99. The fourth-order valence-corrected chi connectivity index (χ4v) is 4.05. The molecule has 2 aromatic rings. The predicted octanol–water partition coefficient (Wildman–Crippen LogP) is 3.97. The molecule has 23 heavy (non-hydrogen) atoms. The molecule has 1 aliphatic rings. The smallest absolute Gasteiger partial charge is 0.230 e. The topological polar surface area (TPSA) is 59.3 Å². The number of hydrogen-bond acceptors (Lipinski definition) is 4. The SMILES string of the molecule is O=C(CSc1nnc2c(Cl)cc(Cl)cn12)NC1CCCCCC1. The quantitative estimate of drug-likeness (QED) is 0.651. The van der Waals surface area contributed by atoms with E-state index in [0.717, 1.165) is 12.8 Å². The van der Waals surface area contributed by atoms with Crippen LogP contribution in [-0.2, 0) is 4.79 Å². The number of thioether (sulfide) groups is 1. The third-order valence-corrected chi connectivity index (χ3v) is 5.38. The van der Waals surface area contributed by atoms with Crippen LogP contribution in [0.1, 0.15) is 38.5 Å². The van der Waals surface area contributed by atoms with Crippen LogP contribution in [0.5, 0.6) is 0 Å². The van der Waals surface area contributed by atoms with Crippen LogP contribution >= 0.6 is 35.0 Å². The summed E-state index contributed by atoms with van der Waals surface area (Å²) in [5.41, 5.74) is 0.544. The zero-order valence-corrected chi connectivity index (χ0v) is 14.9. The second kappa shape index (κ2) is 7.73. The highest BCUT2D eigenvalue weighted by Gasteiger charge is 2.16. The number of hydrogen-bond donors (Lipinski definition) is 1. The molecule has 0 saturated heterocycles. The van der Waals surface area contributed by atoms with Crippen LogP contribution in [0.15, 0.2) is 17.4 Å². The average molecular weight is 373 g/mol. The van der Waals surface area contributed by atoms with Crippen molar-refractivity contribution in [2.75, 3.05) is 5.75 Å². The van der Waals surface area contributed by atoms with Crippen molar-refractivity contribution in [1.82, 2.24) is 19.9 Å². The summed E-state index contributed by atoms with van der Waals surface area (Å²) in [4.78, 5) is 12.1. The Morgan fingerprint density at radius 3 is 2.74 bits per heavy atom. The Labute approximate surface area is 149 Å². The first-order valence-electron chi connectivity index (χ1n) is 7.75. The first-order chi connectivity index (χ1) is 11.1. The van der Waals surface area contributed by atoms with Crippen LogP contribution in [0.4, 0.5) is 0 Å². The van der Waals surface area contributed by atoms with Crippen LogP contribution < -0.4 is 5.32 Å². The molecule has 8 heteroatoms. The molecule has 1 saturated carbocycles. The number of amides is 1. The molecule has 1 N–H and O–H groups in total. The molecule has 3 rings (SSSR count). The molecule has 0 aromatic carbocycles. The van der Waals surface area contributed by atoms with Crippen molar-refractivity contribution in [3.63, 3.8) is 0 Å². The molecule has 0 radical (unpaired) electrons. The molecule has 2 heterocycles. The molecule has 1 amide bonds. The lowest BCUT2D eigenvalue weighted by molar-refractivity contribution is -0.119. The maximum absolute atomic E-state index is 12.1. The summed E-state index contributed by atoms with van der Waals surface area (Å²) in [5, 5.41) is 12.8. The second-order valence-corrected chi connectivity index (χ2v) is 7.51. The Morgan fingerprint density at radius 2 is 2.00 bits per heavy atom. The molecule has 0 spiro atoms. The number of nitrogens with one attached hydrogen (secondary N) is 1. The van der Waals surface area contributed by atoms with Crippen LogP contribution in [0.25, 0.3) is 5.65 Å². The number of nitrogens with zero attached hydrogens (tertiary/aromatic N) is 3. The zero-order chi connectivity index (χ0) is 16.2. The van der Waals surface area contributed by atoms with E-state index in [0.29, 0.717) is 32.6 Å². The molecule has 2 aromatic heterocycles. The Bertz CT molecular complexity index is 698. The van der Waals surface area contributed by atoms with Gasteiger partial charge in [-0.25, -0.2) is 0 Å². The Kier molecular flexibility index (Phi) is 5.67. The lowest BCUT2D eigenvalue weighted by Crippen LogP contribution is -2.35. The van der Waals surface area contributed by atoms with Gasteiger partial charge in [0.25, 0.3) is 0 Å². The van der Waals surface area contributed by atoms with Crippen molar-refractivity contribution in [2.24, 2.45) is 0 Å². The molecule has 5 nitrogen and oxygen atoms in total. The van der Waals surface area contributed by atoms with Crippen LogP contribution in [0.3, 0.4) is 0 Å². The van der Waals surface area contributed by atoms with Crippen molar-refractivity contribution >= 4 is 46.5 Å². The number of halogens is 2. The summed E-state index contributed by atoms with van der Waals surface area (Å²) in [6.45, 7) is 0. The van der Waals surface area contributed by atoms with E-state index in [1.165, 1.54) is 37.4 Å². The summed E-state index contributed by atoms with van der Waals surface area (Å²) < 4.78 is 1.72. The van der Waals surface area contributed by atoms with Gasteiger partial charge < -0.3 is 5.32 Å². The molecule has 0 aliphatic heterocycles. The van der Waals surface area contributed by atoms with Crippen LogP contribution in [0, 0.1) is 0 Å². The molecule has 0 unspecified atom stereocenters. The van der Waals surface area contributed by atoms with Gasteiger partial charge in [0, 0.05) is 12.2 Å². The van der Waals surface area contributed by atoms with Gasteiger partial charge in [0.1, 0.15) is 0 Å². The van der Waals surface area contributed by atoms with Crippen LogP contribution in [0.2, 0.25) is 10.0 Å². The number of pyridine rings is 1. The minimum Gasteiger partial charge on any atom is -0.353 e. The standard InChI is InChI=1S/C15H18Cl2N4OS/c16-10-7-12(17)14-19-20-15(21(14)8-10)23-9-13(22)18-11-5-3-1-2-4-6-11/h7-8,11H,1-6,9H2,(H,18,22). The summed E-state index contributed by atoms with van der Waals surface area (Å²) in [6, 6.07) is 1.94. The first-order valence-corrected chi connectivity index (χ1v) is 9.49. The van der Waals surface area contributed by atoms with E-state index in [-0.39, 0.29) is 5.91 Å². The number of aromatic nitrogens is 3. The number of rotatable bonds is 4. The van der Waals surface area contributed by atoms with Gasteiger partial charge in [0.15, 0.2) is 10.8 Å². The largest absolute Gasteiger partial charge is 0.353 e. The normalized spacial score (nSPS) is 16.4. The third-order valence-electron chi connectivity index (χ3n) is 3.95. The summed E-state index contributed by atoms with van der Waals surface area (Å²) >= 11 is 13.4. The molecule has 124 valence electrons. The van der Waals surface area contributed by atoms with Crippen molar-refractivity contribution < 1.29 is 4.79 Å². The first kappa shape index (κ1) is 16.9. The molecule has 1 aliphatic carbocycles. The zero-order valence-electron chi connectivity index (χ0n) is 12.6. The highest BCUT2D eigenvalue weighted by Crippen LogP contribution is 2.25. The van der Waals surface area contributed by atoms with Gasteiger partial charge in [0.05, 0.1) is 15.8 Å². The number of carbonyl (C=O) groups is 1. The summed E-state index contributed by atoms with van der Waals surface area (Å²) in [7, 11) is 0. The fraction of sp³-hybridized carbons (Fsp3) is 0.533. The minimum atomic E-state index is 0.0341. The van der Waals surface area contributed by atoms with E-state index in [9.17, 15) is 4.79 Å². The predicted molar refractivity (Wildman–Crippen MR) is 93.4 cm³/mol. The summed E-state index contributed by atoms with van der Waals surface area (Å²) in [5.74, 6) is 0.341. The lowest BCUT2D eigenvalue weighted by atomic mass is 10.1. The van der Waals surface area contributed by atoms with Crippen molar-refractivity contribution in [2.45, 2.75) is 49.7 Å². The Hall–Kier alpha value is -0.980. The molecule has 1 fully saturated rings. The van der Waals surface area contributed by atoms with E-state index in [1.54, 1.807) is 16.7 Å². The lowest BCUT2D eigenvalue weighted by Gasteiger charge is -2.15. The Balaban J connectivity index is 1.60. The van der Waals surface area contributed by atoms with E-state index < -0.39 is 0 Å². The van der Waals surface area contributed by atoms with E-state index in [1.807, 2.05) is 0 Å². The molecular formula is C15H18Cl2N4OS. The summed E-state index contributed by atoms with van der Waals surface area (Å²) in [6.07, 6.45) is 8.80. The van der Waals surface area contributed by atoms with Crippen molar-refractivity contribution in [3.05, 3.63) is 22.3 Å². The maximum Gasteiger partial charge on any atom is 0.230 e. The van der Waals surface area contributed by atoms with Gasteiger partial charge in [-0.05, 0) is 18.9 Å². The molecule has 0 atom stereocenters. The second-order valence-electron chi connectivity index (χ2n) is 5.73. The maximum atomic E-state index is 12.1. The van der Waals surface area contributed by atoms with E-state index in [2.05, 4.69) is 15.5 Å². The monoisotopic (exact) mass is 372 g/mol. The van der Waals surface area contributed by atoms with E-state index in [4.69, 9.17) is 23.2 Å². The van der Waals surface area contributed by atoms with Gasteiger partial charge in [-0.1, -0.05) is 60.6 Å². The van der Waals surface area contributed by atoms with Crippen molar-refractivity contribution in [1.29, 1.82) is 0 Å².